The lowest BCUT2D eigenvalue weighted by Crippen LogP contribution is -1.97. The van der Waals surface area contributed by atoms with Gasteiger partial charge in [-0.15, -0.1) is 11.6 Å². The predicted molar refractivity (Wildman–Crippen MR) is 72.0 cm³/mol. The monoisotopic (exact) mass is 276 g/mol. The van der Waals surface area contributed by atoms with Crippen LogP contribution < -0.4 is 4.74 Å². The van der Waals surface area contributed by atoms with Crippen molar-refractivity contribution in [1.29, 1.82) is 0 Å². The van der Waals surface area contributed by atoms with Crippen LogP contribution in [0.2, 0.25) is 0 Å². The van der Waals surface area contributed by atoms with Crippen LogP contribution in [0, 0.1) is 18.8 Å². The third kappa shape index (κ3) is 4.01. The van der Waals surface area contributed by atoms with Gasteiger partial charge in [0.05, 0.1) is 0 Å². The Bertz CT molecular complexity index is 581. The Morgan fingerprint density at radius 3 is 2.68 bits per heavy atom. The van der Waals surface area contributed by atoms with Gasteiger partial charge in [-0.3, -0.25) is 0 Å². The predicted octanol–water partition coefficient (Wildman–Crippen LogP) is 2.94. The molecule has 4 nitrogen and oxygen atoms in total. The highest BCUT2D eigenvalue weighted by molar-refractivity contribution is 6.18. The molecule has 0 N–H and O–H groups in total. The van der Waals surface area contributed by atoms with E-state index in [0.717, 1.165) is 17.0 Å². The largest absolute Gasteiger partial charge is 0.487 e. The fraction of sp³-hybridized carbons (Fsp3) is 0.286. The van der Waals surface area contributed by atoms with Crippen molar-refractivity contribution in [3.05, 3.63) is 41.2 Å². The van der Waals surface area contributed by atoms with Crippen molar-refractivity contribution < 1.29 is 9.37 Å². The molecule has 0 bridgehead atoms. The first-order valence-electron chi connectivity index (χ1n) is 5.85. The molecular formula is C14H13ClN2O2. The van der Waals surface area contributed by atoms with Crippen LogP contribution in [0.3, 0.4) is 0 Å². The summed E-state index contributed by atoms with van der Waals surface area (Å²) in [6, 6.07) is 7.55. The number of benzene rings is 1. The van der Waals surface area contributed by atoms with Gasteiger partial charge in [0, 0.05) is 17.9 Å². The van der Waals surface area contributed by atoms with Crippen molar-refractivity contribution in [3.63, 3.8) is 0 Å². The van der Waals surface area contributed by atoms with Gasteiger partial charge in [0.25, 0.3) is 0 Å². The molecule has 2 rings (SSSR count). The van der Waals surface area contributed by atoms with Crippen molar-refractivity contribution in [2.45, 2.75) is 20.0 Å². The lowest BCUT2D eigenvalue weighted by atomic mass is 10.2. The van der Waals surface area contributed by atoms with Crippen molar-refractivity contribution in [3.8, 4) is 17.6 Å². The lowest BCUT2D eigenvalue weighted by molar-refractivity contribution is 0.270. The van der Waals surface area contributed by atoms with Gasteiger partial charge in [0.1, 0.15) is 23.7 Å². The van der Waals surface area contributed by atoms with Crippen LogP contribution in [-0.4, -0.2) is 16.2 Å². The summed E-state index contributed by atoms with van der Waals surface area (Å²) in [5.74, 6) is 7.31. The smallest absolute Gasteiger partial charge is 0.145 e. The summed E-state index contributed by atoms with van der Waals surface area (Å²) in [5, 5.41) is 7.44. The zero-order valence-corrected chi connectivity index (χ0v) is 11.3. The molecule has 0 radical (unpaired) electrons. The summed E-state index contributed by atoms with van der Waals surface area (Å²) in [4.78, 5) is 0. The van der Waals surface area contributed by atoms with Crippen molar-refractivity contribution in [1.82, 2.24) is 10.3 Å². The van der Waals surface area contributed by atoms with E-state index in [1.807, 2.05) is 31.2 Å². The maximum atomic E-state index is 5.58. The van der Waals surface area contributed by atoms with E-state index >= 15 is 0 Å². The first kappa shape index (κ1) is 13.4. The topological polar surface area (TPSA) is 48.2 Å². The normalized spacial score (nSPS) is 9.79. The highest BCUT2D eigenvalue weighted by Gasteiger charge is 2.05. The van der Waals surface area contributed by atoms with Crippen LogP contribution >= 0.6 is 11.6 Å². The second kappa shape index (κ2) is 6.81. The summed E-state index contributed by atoms with van der Waals surface area (Å²) < 4.78 is 10.2. The number of halogens is 1. The summed E-state index contributed by atoms with van der Waals surface area (Å²) >= 11 is 5.55. The highest BCUT2D eigenvalue weighted by atomic mass is 35.5. The Balaban J connectivity index is 1.92. The minimum Gasteiger partial charge on any atom is -0.487 e. The number of nitrogens with zero attached hydrogens (tertiary/aromatic N) is 2. The van der Waals surface area contributed by atoms with Crippen LogP contribution in [0.15, 0.2) is 28.9 Å². The number of aromatic nitrogens is 2. The molecular weight excluding hydrogens is 264 g/mol. The van der Waals surface area contributed by atoms with E-state index in [9.17, 15) is 0 Å². The molecule has 0 aliphatic rings. The molecule has 1 aromatic heterocycles. The van der Waals surface area contributed by atoms with Gasteiger partial charge >= 0.3 is 0 Å². The summed E-state index contributed by atoms with van der Waals surface area (Å²) in [6.07, 6.45) is 0.693. The number of aryl methyl sites for hydroxylation is 1. The van der Waals surface area contributed by atoms with E-state index in [1.54, 1.807) is 0 Å². The Kier molecular flexibility index (Phi) is 4.82. The van der Waals surface area contributed by atoms with E-state index in [2.05, 4.69) is 26.8 Å². The molecule has 98 valence electrons. The van der Waals surface area contributed by atoms with E-state index in [1.165, 1.54) is 0 Å². The minimum absolute atomic E-state index is 0.340. The number of alkyl halides is 1. The third-order valence-corrected chi connectivity index (χ3v) is 2.62. The second-order valence-corrected chi connectivity index (χ2v) is 4.23. The van der Waals surface area contributed by atoms with Gasteiger partial charge in [-0.05, 0) is 31.2 Å². The van der Waals surface area contributed by atoms with Gasteiger partial charge in [0.2, 0.25) is 0 Å². The molecule has 2 aromatic rings. The summed E-state index contributed by atoms with van der Waals surface area (Å²) in [5.41, 5.74) is 2.38. The molecule has 0 aliphatic carbocycles. The number of ether oxygens (including phenoxy) is 1. The van der Waals surface area contributed by atoms with Gasteiger partial charge in [-0.1, -0.05) is 22.2 Å². The number of rotatable bonds is 4. The highest BCUT2D eigenvalue weighted by Crippen LogP contribution is 2.14. The first-order chi connectivity index (χ1) is 9.29. The average molecular weight is 277 g/mol. The molecule has 0 amide bonds. The van der Waals surface area contributed by atoms with Gasteiger partial charge in [-0.25, -0.2) is 4.63 Å². The van der Waals surface area contributed by atoms with E-state index in [-0.39, 0.29) is 0 Å². The average Bonchev–Trinajstić information content (AvgIpc) is 2.84. The van der Waals surface area contributed by atoms with Crippen LogP contribution in [0.5, 0.6) is 5.75 Å². The van der Waals surface area contributed by atoms with Gasteiger partial charge in [0.15, 0.2) is 0 Å². The second-order valence-electron chi connectivity index (χ2n) is 3.85. The lowest BCUT2D eigenvalue weighted by Gasteiger charge is -2.03. The summed E-state index contributed by atoms with van der Waals surface area (Å²) in [7, 11) is 0. The Morgan fingerprint density at radius 1 is 1.26 bits per heavy atom. The Labute approximate surface area is 116 Å². The Morgan fingerprint density at radius 2 is 2.05 bits per heavy atom. The third-order valence-electron chi connectivity index (χ3n) is 2.43. The van der Waals surface area contributed by atoms with Crippen molar-refractivity contribution in [2.75, 3.05) is 5.88 Å². The molecule has 0 saturated heterocycles. The molecule has 0 fully saturated rings. The quantitative estimate of drug-likeness (QED) is 0.636. The SMILES string of the molecule is Cc1nonc1COc1ccc(C#CCCCl)cc1. The molecule has 0 unspecified atom stereocenters. The van der Waals surface area contributed by atoms with Crippen molar-refractivity contribution >= 4 is 11.6 Å². The zero-order valence-electron chi connectivity index (χ0n) is 10.5. The maximum Gasteiger partial charge on any atom is 0.145 e. The van der Waals surface area contributed by atoms with Crippen molar-refractivity contribution in [2.24, 2.45) is 0 Å². The minimum atomic E-state index is 0.340. The molecule has 0 spiro atoms. The first-order valence-corrected chi connectivity index (χ1v) is 6.39. The van der Waals surface area contributed by atoms with Crippen LogP contribution in [0.1, 0.15) is 23.4 Å². The molecule has 1 aromatic carbocycles. The summed E-state index contributed by atoms with van der Waals surface area (Å²) in [6.45, 7) is 2.16. The van der Waals surface area contributed by atoms with E-state index < -0.39 is 0 Å². The van der Waals surface area contributed by atoms with E-state index in [4.69, 9.17) is 16.3 Å². The van der Waals surface area contributed by atoms with Crippen LogP contribution in [-0.2, 0) is 6.61 Å². The van der Waals surface area contributed by atoms with Crippen LogP contribution in [0.25, 0.3) is 0 Å². The number of hydrogen-bond donors (Lipinski definition) is 0. The molecule has 0 saturated carbocycles. The maximum absolute atomic E-state index is 5.58. The Hall–Kier alpha value is -1.99. The van der Waals surface area contributed by atoms with Crippen LogP contribution in [0.4, 0.5) is 0 Å². The zero-order chi connectivity index (χ0) is 13.5. The standard InChI is InChI=1S/C14H13ClN2O2/c1-11-14(17-19-16-11)10-18-13-7-5-12(6-8-13)4-2-3-9-15/h5-8H,3,9-10H2,1H3. The number of hydrogen-bond acceptors (Lipinski definition) is 4. The molecule has 0 aliphatic heterocycles. The fourth-order valence-corrected chi connectivity index (χ4v) is 1.47. The molecule has 19 heavy (non-hydrogen) atoms. The molecule has 5 heteroatoms. The van der Waals surface area contributed by atoms with Gasteiger partial charge < -0.3 is 4.74 Å². The van der Waals surface area contributed by atoms with Gasteiger partial charge in [-0.2, -0.15) is 0 Å². The fourth-order valence-electron chi connectivity index (χ4n) is 1.38. The molecule has 1 heterocycles. The molecule has 0 atom stereocenters. The van der Waals surface area contributed by atoms with E-state index in [0.29, 0.717) is 24.6 Å².